The molecule has 52 heavy (non-hydrogen) atoms. The van der Waals surface area contributed by atoms with E-state index < -0.39 is 7.26 Å². The molecule has 2 heterocycles. The zero-order valence-corrected chi connectivity index (χ0v) is 33.7. The van der Waals surface area contributed by atoms with Crippen LogP contribution < -0.4 is 15.9 Å². The molecule has 0 radical (unpaired) electrons. The number of benzene rings is 5. The van der Waals surface area contributed by atoms with Gasteiger partial charge in [-0.05, 0) is 6.92 Å². The number of hydrogen-bond donors (Lipinski definition) is 0. The van der Waals surface area contributed by atoms with Crippen molar-refractivity contribution in [3.8, 4) is 4.37 Å². The second-order valence-corrected chi connectivity index (χ2v) is 17.4. The van der Waals surface area contributed by atoms with Crippen LogP contribution in [0.5, 0.6) is 0 Å². The number of fused-ring (bicyclic) bond motifs is 3. The van der Waals surface area contributed by atoms with Crippen molar-refractivity contribution in [2.24, 2.45) is 0 Å². The fourth-order valence-corrected chi connectivity index (χ4v) is 13.4. The van der Waals surface area contributed by atoms with Gasteiger partial charge in [0.15, 0.2) is 0 Å². The summed E-state index contributed by atoms with van der Waals surface area (Å²) in [5.74, 6) is 0. The van der Waals surface area contributed by atoms with Crippen molar-refractivity contribution in [3.05, 3.63) is 185 Å². The van der Waals surface area contributed by atoms with Gasteiger partial charge in [0.05, 0.1) is 0 Å². The van der Waals surface area contributed by atoms with E-state index in [0.29, 0.717) is 19.3 Å². The van der Waals surface area contributed by atoms with E-state index in [-0.39, 0.29) is 0 Å². The standard InChI is InChI=1S/C48H44NOP.Os/c1-6-17-37-25-28-45-46-29-26-38(31-48(46)49(35(3)4)47(45)30-37)24-27-40(32-41-34-50-33-39(41)7-2)36(5)51(42-18-11-8-12-19-42,43-20-13-9-14-21-43)44-22-15-10-16-23-44;/h6-32,35H,33-34H2,1-4H3;/q+1;/b17-6+,27-24+,39-7?,40-36?,41-32?;. The monoisotopic (exact) mass is 873 g/mol. The predicted molar refractivity (Wildman–Crippen MR) is 222 cm³/mol. The minimum absolute atomic E-state index is 0.312. The minimum atomic E-state index is -2.41. The average molecular weight is 872 g/mol. The molecule has 0 amide bonds. The van der Waals surface area contributed by atoms with E-state index in [0.717, 1.165) is 11.1 Å². The van der Waals surface area contributed by atoms with Crippen molar-refractivity contribution in [2.75, 3.05) is 13.2 Å². The van der Waals surface area contributed by atoms with Crippen molar-refractivity contribution in [3.63, 3.8) is 0 Å². The topological polar surface area (TPSA) is 14.2 Å². The van der Waals surface area contributed by atoms with Crippen LogP contribution in [0.3, 0.4) is 0 Å². The van der Waals surface area contributed by atoms with Crippen LogP contribution in [0.1, 0.15) is 44.9 Å². The molecule has 2 nitrogen and oxygen atoms in total. The van der Waals surface area contributed by atoms with Crippen molar-refractivity contribution in [2.45, 2.75) is 33.7 Å². The molecule has 5 aromatic carbocycles. The first-order chi connectivity index (χ1) is 25.5. The molecule has 1 aliphatic heterocycles. The van der Waals surface area contributed by atoms with E-state index in [9.17, 15) is 0 Å². The summed E-state index contributed by atoms with van der Waals surface area (Å²) in [5.41, 5.74) is 8.53. The Balaban J connectivity index is 1.51. The van der Waals surface area contributed by atoms with E-state index in [1.807, 2.05) is 17.9 Å². The number of nitrogens with zero attached hydrogens (tertiary/aromatic N) is 1. The number of ether oxygens (including phenoxy) is 1. The molecule has 0 aliphatic carbocycles. The molecule has 0 N–H and O–H groups in total. The maximum absolute atomic E-state index is 6.01. The Morgan fingerprint density at radius 3 is 1.65 bits per heavy atom. The summed E-state index contributed by atoms with van der Waals surface area (Å²) < 4.78 is 12.4. The molecule has 0 saturated carbocycles. The van der Waals surface area contributed by atoms with Crippen LogP contribution in [0.2, 0.25) is 0 Å². The maximum atomic E-state index is 6.01. The van der Waals surface area contributed by atoms with Gasteiger partial charge >= 0.3 is 301 Å². The van der Waals surface area contributed by atoms with Gasteiger partial charge in [-0.25, -0.2) is 0 Å². The van der Waals surface area contributed by atoms with Gasteiger partial charge in [0.25, 0.3) is 0 Å². The normalized spacial score (nSPS) is 15.9. The van der Waals surface area contributed by atoms with Crippen LogP contribution in [-0.2, 0) is 22.7 Å². The van der Waals surface area contributed by atoms with Crippen LogP contribution in [0.4, 0.5) is 0 Å². The molecular formula is C48H44NOOsP+. The Kier molecular flexibility index (Phi) is 11.0. The van der Waals surface area contributed by atoms with Gasteiger partial charge in [-0.1, -0.05) is 12.2 Å². The molecule has 4 heteroatoms. The van der Waals surface area contributed by atoms with Crippen molar-refractivity contribution >= 4 is 57.1 Å². The Labute approximate surface area is 318 Å². The summed E-state index contributed by atoms with van der Waals surface area (Å²) in [7, 11) is -2.41. The van der Waals surface area contributed by atoms with Crippen LogP contribution in [-0.4, -0.2) is 17.8 Å². The SMILES string of the molecule is CC=C1COCC1=CC(/C=C/c1ccc2c3ccc(/C=C/C)cc3n(C(C)C)c2c1)=C([C]#[Os])[P+](c1ccccc1)(c1ccccc1)c1ccccc1. The summed E-state index contributed by atoms with van der Waals surface area (Å²) in [4.78, 5) is 0. The van der Waals surface area contributed by atoms with Crippen LogP contribution in [0.25, 0.3) is 34.0 Å². The predicted octanol–water partition coefficient (Wildman–Crippen LogP) is 11.1. The third-order valence-corrected chi connectivity index (χ3v) is 15.3. The quantitative estimate of drug-likeness (QED) is 0.104. The number of rotatable bonds is 9. The molecule has 1 fully saturated rings. The summed E-state index contributed by atoms with van der Waals surface area (Å²) in [5, 5.41) is 7.71. The molecule has 0 atom stereocenters. The Bertz CT molecular complexity index is 2330. The van der Waals surface area contributed by atoms with Crippen LogP contribution >= 0.6 is 7.26 Å². The van der Waals surface area contributed by atoms with Crippen molar-refractivity contribution < 1.29 is 22.7 Å². The molecule has 1 aromatic heterocycles. The van der Waals surface area contributed by atoms with Gasteiger partial charge in [-0.3, -0.25) is 0 Å². The van der Waals surface area contributed by atoms with Gasteiger partial charge in [-0.2, -0.15) is 0 Å². The summed E-state index contributed by atoms with van der Waals surface area (Å²) in [6.45, 7) is 9.97. The number of allylic oxidation sites excluding steroid dienone is 6. The van der Waals surface area contributed by atoms with Gasteiger partial charge in [0.2, 0.25) is 0 Å². The van der Waals surface area contributed by atoms with Crippen LogP contribution in [0.15, 0.2) is 174 Å². The van der Waals surface area contributed by atoms with Gasteiger partial charge in [0.1, 0.15) is 0 Å². The summed E-state index contributed by atoms with van der Waals surface area (Å²) in [6.07, 6.45) is 13.5. The molecule has 0 spiro atoms. The fraction of sp³-hybridized carbons (Fsp3) is 0.146. The molecule has 1 aliphatic rings. The van der Waals surface area contributed by atoms with Crippen molar-refractivity contribution in [1.29, 1.82) is 0 Å². The third kappa shape index (κ3) is 6.72. The molecule has 1 saturated heterocycles. The molecule has 0 unspecified atom stereocenters. The average Bonchev–Trinajstić information content (AvgIpc) is 3.78. The van der Waals surface area contributed by atoms with Gasteiger partial charge in [0, 0.05) is 0 Å². The molecule has 7 rings (SSSR count). The van der Waals surface area contributed by atoms with Crippen LogP contribution in [0, 0.1) is 4.37 Å². The fourth-order valence-electron chi connectivity index (χ4n) is 7.56. The Morgan fingerprint density at radius 2 is 1.19 bits per heavy atom. The molecule has 6 aromatic rings. The Hall–Kier alpha value is -4.59. The molecular weight excluding hydrogens is 828 g/mol. The number of hydrogen-bond acceptors (Lipinski definition) is 1. The van der Waals surface area contributed by atoms with Gasteiger partial charge in [-0.15, -0.1) is 0 Å². The first kappa shape index (κ1) is 35.8. The van der Waals surface area contributed by atoms with E-state index in [2.05, 4.69) is 200 Å². The Morgan fingerprint density at radius 1 is 0.692 bits per heavy atom. The third-order valence-electron chi connectivity index (χ3n) is 9.91. The zero-order valence-electron chi connectivity index (χ0n) is 30.2. The van der Waals surface area contributed by atoms with Gasteiger partial charge < -0.3 is 0 Å². The number of aromatic nitrogens is 1. The van der Waals surface area contributed by atoms with E-state index in [4.69, 9.17) is 4.74 Å². The second kappa shape index (κ2) is 16.0. The second-order valence-electron chi connectivity index (χ2n) is 13.4. The molecule has 0 bridgehead atoms. The first-order valence-electron chi connectivity index (χ1n) is 18.0. The van der Waals surface area contributed by atoms with E-state index in [1.54, 1.807) is 0 Å². The molecule has 259 valence electrons. The summed E-state index contributed by atoms with van der Waals surface area (Å²) >= 11 is 1.82. The first-order valence-corrected chi connectivity index (χ1v) is 21.0. The van der Waals surface area contributed by atoms with Crippen molar-refractivity contribution in [1.82, 2.24) is 4.57 Å². The summed E-state index contributed by atoms with van der Waals surface area (Å²) in [6, 6.07) is 47.3. The van der Waals surface area contributed by atoms with E-state index >= 15 is 0 Å². The zero-order chi connectivity index (χ0) is 36.1. The van der Waals surface area contributed by atoms with E-state index in [1.165, 1.54) is 59.7 Å².